The van der Waals surface area contributed by atoms with E-state index in [0.29, 0.717) is 23.2 Å². The monoisotopic (exact) mass is 869 g/mol. The zero-order chi connectivity index (χ0) is 45.1. The lowest BCUT2D eigenvalue weighted by molar-refractivity contribution is -0.247. The Bertz CT molecular complexity index is 1100. The molecule has 6 unspecified atom stereocenters. The van der Waals surface area contributed by atoms with E-state index in [1.165, 1.54) is 38.5 Å². The molecule has 8 aliphatic carbocycles. The fraction of sp³-hybridized carbons (Fsp3) is 1.00. The summed E-state index contributed by atoms with van der Waals surface area (Å²) in [5, 5.41) is 94.5. The first-order valence-electron chi connectivity index (χ1n) is 25.4. The van der Waals surface area contributed by atoms with Gasteiger partial charge < -0.3 is 51.1 Å². The topological polar surface area (TPSA) is 202 Å². The smallest absolute Gasteiger partial charge is 0.0691 e. The average molecular weight is 869 g/mol. The molecule has 8 saturated carbocycles. The van der Waals surface area contributed by atoms with E-state index in [2.05, 4.69) is 13.8 Å². The van der Waals surface area contributed by atoms with E-state index < -0.39 is 0 Å². The van der Waals surface area contributed by atoms with Gasteiger partial charge in [-0.1, -0.05) is 41.5 Å². The highest BCUT2D eigenvalue weighted by molar-refractivity contribution is 5.10. The maximum absolute atomic E-state index is 9.60. The van der Waals surface area contributed by atoms with E-state index in [9.17, 15) is 51.1 Å². The van der Waals surface area contributed by atoms with Gasteiger partial charge in [-0.2, -0.15) is 0 Å². The molecule has 0 radical (unpaired) electrons. The van der Waals surface area contributed by atoms with Crippen LogP contribution in [0.2, 0.25) is 0 Å². The summed E-state index contributed by atoms with van der Waals surface area (Å²) in [6.07, 6.45) is 25.1. The van der Waals surface area contributed by atoms with E-state index in [-0.39, 0.29) is 71.9 Å². The van der Waals surface area contributed by atoms with Crippen LogP contribution in [-0.4, -0.2) is 112 Å². The van der Waals surface area contributed by atoms with Gasteiger partial charge in [0, 0.05) is 10.8 Å². The Morgan fingerprint density at radius 1 is 0.295 bits per heavy atom. The van der Waals surface area contributed by atoms with Gasteiger partial charge in [0.05, 0.1) is 61.0 Å². The normalized spacial score (nSPS) is 43.3. The standard InChI is InChI=1S/C15H28O2.2C10H18O2.2C8H16O2/c1-15(2,11-3-7-13(16)8-4-11)12-5-9-14(17)10-6-12;11-9-3-1-7-5-10(12)4-2-8(7)6-9;11-9-3-1-7-2-4-10(12)6-8(7)5-9;1-7(2)5(9)8(3,4)6(7)10;9-7-3-1-4-8(10)6-2-5-7/h11-14,16-17H,3-10H2,1-2H3;2*7-12H,1-6H2;5-6,9-10H,1-4H3;7-10H,1-6H2. The van der Waals surface area contributed by atoms with Gasteiger partial charge >= 0.3 is 0 Å². The van der Waals surface area contributed by atoms with Crippen molar-refractivity contribution in [3.8, 4) is 0 Å². The van der Waals surface area contributed by atoms with Crippen molar-refractivity contribution in [3.63, 3.8) is 0 Å². The fourth-order valence-electron chi connectivity index (χ4n) is 13.2. The van der Waals surface area contributed by atoms with Gasteiger partial charge in [0.1, 0.15) is 0 Å². The Balaban J connectivity index is 0.000000170. The molecule has 0 heterocycles. The molecular formula is C51H96O10. The minimum Gasteiger partial charge on any atom is -0.393 e. The number of rotatable bonds is 2. The lowest BCUT2D eigenvalue weighted by atomic mass is 9.51. The molecule has 360 valence electrons. The van der Waals surface area contributed by atoms with E-state index in [1.807, 2.05) is 27.7 Å². The molecule has 0 saturated heterocycles. The lowest BCUT2D eigenvalue weighted by Gasteiger charge is -2.59. The Labute approximate surface area is 371 Å². The summed E-state index contributed by atoms with van der Waals surface area (Å²) in [7, 11) is 0. The number of fused-ring (bicyclic) bond motifs is 2. The third-order valence-corrected chi connectivity index (χ3v) is 17.6. The van der Waals surface area contributed by atoms with Crippen molar-refractivity contribution in [2.75, 3.05) is 0 Å². The molecule has 6 atom stereocenters. The van der Waals surface area contributed by atoms with Crippen LogP contribution in [-0.2, 0) is 0 Å². The third kappa shape index (κ3) is 15.9. The summed E-state index contributed by atoms with van der Waals surface area (Å²) >= 11 is 0. The van der Waals surface area contributed by atoms with Crippen molar-refractivity contribution in [2.45, 2.75) is 270 Å². The zero-order valence-corrected chi connectivity index (χ0v) is 39.6. The van der Waals surface area contributed by atoms with E-state index in [0.717, 1.165) is 146 Å². The molecule has 0 aliphatic heterocycles. The molecule has 10 heteroatoms. The summed E-state index contributed by atoms with van der Waals surface area (Å²) in [6, 6.07) is 0. The summed E-state index contributed by atoms with van der Waals surface area (Å²) < 4.78 is 0. The van der Waals surface area contributed by atoms with Crippen LogP contribution >= 0.6 is 0 Å². The van der Waals surface area contributed by atoms with Crippen LogP contribution in [0.15, 0.2) is 0 Å². The Morgan fingerprint density at radius 2 is 0.541 bits per heavy atom. The summed E-state index contributed by atoms with van der Waals surface area (Å²) in [5.41, 5.74) is -0.243. The van der Waals surface area contributed by atoms with E-state index in [1.54, 1.807) is 0 Å². The second kappa shape index (κ2) is 24.4. The molecule has 0 aromatic carbocycles. The van der Waals surface area contributed by atoms with Crippen LogP contribution in [0.4, 0.5) is 0 Å². The van der Waals surface area contributed by atoms with Crippen LogP contribution in [0.3, 0.4) is 0 Å². The molecule has 61 heavy (non-hydrogen) atoms. The van der Waals surface area contributed by atoms with Gasteiger partial charge in [0.15, 0.2) is 0 Å². The van der Waals surface area contributed by atoms with Crippen LogP contribution in [0.1, 0.15) is 208 Å². The van der Waals surface area contributed by atoms with Gasteiger partial charge in [-0.3, -0.25) is 0 Å². The van der Waals surface area contributed by atoms with E-state index >= 15 is 0 Å². The molecule has 0 aromatic rings. The van der Waals surface area contributed by atoms with Crippen LogP contribution < -0.4 is 0 Å². The average Bonchev–Trinajstić information content (AvgIpc) is 3.21. The van der Waals surface area contributed by atoms with Crippen LogP contribution in [0, 0.1) is 51.8 Å². The molecule has 10 N–H and O–H groups in total. The second-order valence-electron chi connectivity index (χ2n) is 23.4. The molecule has 8 aliphatic rings. The van der Waals surface area contributed by atoms with Crippen molar-refractivity contribution in [1.29, 1.82) is 0 Å². The molecule has 8 fully saturated rings. The number of hydrogen-bond acceptors (Lipinski definition) is 10. The Morgan fingerprint density at radius 3 is 0.836 bits per heavy atom. The zero-order valence-electron chi connectivity index (χ0n) is 39.6. The Kier molecular flexibility index (Phi) is 21.3. The first-order chi connectivity index (χ1) is 28.6. The van der Waals surface area contributed by atoms with Gasteiger partial charge in [-0.05, 0) is 208 Å². The van der Waals surface area contributed by atoms with Gasteiger partial charge in [0.25, 0.3) is 0 Å². The first kappa shape index (κ1) is 53.2. The van der Waals surface area contributed by atoms with Crippen LogP contribution in [0.5, 0.6) is 0 Å². The van der Waals surface area contributed by atoms with Crippen molar-refractivity contribution < 1.29 is 51.1 Å². The van der Waals surface area contributed by atoms with Gasteiger partial charge in [-0.15, -0.1) is 0 Å². The maximum atomic E-state index is 9.60. The Hall–Kier alpha value is -0.400. The highest BCUT2D eigenvalue weighted by Crippen LogP contribution is 2.53. The van der Waals surface area contributed by atoms with Crippen molar-refractivity contribution in [2.24, 2.45) is 51.8 Å². The van der Waals surface area contributed by atoms with Crippen molar-refractivity contribution in [1.82, 2.24) is 0 Å². The summed E-state index contributed by atoms with van der Waals surface area (Å²) in [6.45, 7) is 12.4. The highest BCUT2D eigenvalue weighted by Gasteiger charge is 2.60. The van der Waals surface area contributed by atoms with Crippen molar-refractivity contribution in [3.05, 3.63) is 0 Å². The largest absolute Gasteiger partial charge is 0.393 e. The predicted octanol–water partition coefficient (Wildman–Crippen LogP) is 7.57. The van der Waals surface area contributed by atoms with Gasteiger partial charge in [0.2, 0.25) is 0 Å². The number of aliphatic hydroxyl groups excluding tert-OH is 10. The van der Waals surface area contributed by atoms with Gasteiger partial charge in [-0.25, -0.2) is 0 Å². The minimum absolute atomic E-state index is 0.0461. The van der Waals surface area contributed by atoms with Crippen LogP contribution in [0.25, 0.3) is 0 Å². The molecule has 0 spiro atoms. The number of hydrogen-bond donors (Lipinski definition) is 10. The molecule has 0 aromatic heterocycles. The second-order valence-corrected chi connectivity index (χ2v) is 23.4. The maximum Gasteiger partial charge on any atom is 0.0691 e. The fourth-order valence-corrected chi connectivity index (χ4v) is 13.2. The third-order valence-electron chi connectivity index (χ3n) is 17.6. The molecular weight excluding hydrogens is 773 g/mol. The predicted molar refractivity (Wildman–Crippen MR) is 242 cm³/mol. The number of aliphatic hydroxyl groups is 10. The highest BCUT2D eigenvalue weighted by atomic mass is 16.3. The summed E-state index contributed by atoms with van der Waals surface area (Å²) in [4.78, 5) is 0. The molecule has 10 nitrogen and oxygen atoms in total. The lowest BCUT2D eigenvalue weighted by Crippen LogP contribution is -2.67. The minimum atomic E-state index is -0.380. The SMILES string of the molecule is CC(C)(C1CCC(O)CC1)C1CCC(O)CC1.CC1(C)C(O)C(C)(C)C1O.OC1CCC2CC(O)CCC2C1.OC1CCC2CCC(O)CC2C1.OC1CCCC(O)CCC1. The molecule has 8 rings (SSSR count). The van der Waals surface area contributed by atoms with E-state index in [4.69, 9.17) is 0 Å². The molecule has 0 bridgehead atoms. The van der Waals surface area contributed by atoms with Crippen molar-refractivity contribution >= 4 is 0 Å². The first-order valence-corrected chi connectivity index (χ1v) is 25.4. The quantitative estimate of drug-likeness (QED) is 0.132. The summed E-state index contributed by atoms with van der Waals surface area (Å²) in [5.74, 6) is 4.36. The molecule has 0 amide bonds.